The number of hydrogen-bond acceptors (Lipinski definition) is 4. The molecule has 3 N–H and O–H groups in total. The van der Waals surface area contributed by atoms with Gasteiger partial charge in [-0.3, -0.25) is 4.79 Å². The number of aliphatic carboxylic acids is 1. The first-order valence-electron chi connectivity index (χ1n) is 7.42. The zero-order chi connectivity index (χ0) is 15.2. The maximum Gasteiger partial charge on any atom is 0.305 e. The average Bonchev–Trinajstić information content (AvgIpc) is 2.48. The summed E-state index contributed by atoms with van der Waals surface area (Å²) in [5.41, 5.74) is 6.62. The predicted molar refractivity (Wildman–Crippen MR) is 79.7 cm³/mol. The Hall–Kier alpha value is -1.75. The lowest BCUT2D eigenvalue weighted by Crippen LogP contribution is -2.20. The monoisotopic (exact) mass is 293 g/mol. The van der Waals surface area contributed by atoms with Crippen LogP contribution in [0.3, 0.4) is 0 Å². The Bertz CT molecular complexity index is 483. The van der Waals surface area contributed by atoms with Gasteiger partial charge in [0, 0.05) is 6.04 Å². The average molecular weight is 293 g/mol. The van der Waals surface area contributed by atoms with Crippen molar-refractivity contribution in [1.82, 2.24) is 0 Å². The zero-order valence-corrected chi connectivity index (χ0v) is 12.4. The summed E-state index contributed by atoms with van der Waals surface area (Å²) in [4.78, 5) is 10.7. The molecule has 116 valence electrons. The standard InChI is InChI=1S/C16H23NO4/c1-20-15-9-11(13(17)10-16(18)19)7-8-14(15)21-12-5-3-2-4-6-12/h7-9,12-13H,2-6,10,17H2,1H3,(H,18,19). The highest BCUT2D eigenvalue weighted by atomic mass is 16.5. The number of carboxylic acid groups (broad SMARTS) is 1. The first-order chi connectivity index (χ1) is 10.1. The van der Waals surface area contributed by atoms with Crippen molar-refractivity contribution in [2.24, 2.45) is 5.73 Å². The SMILES string of the molecule is COc1cc(C(N)CC(=O)O)ccc1OC1CCCCC1. The Morgan fingerprint density at radius 3 is 2.67 bits per heavy atom. The van der Waals surface area contributed by atoms with Crippen molar-refractivity contribution < 1.29 is 19.4 Å². The highest BCUT2D eigenvalue weighted by Gasteiger charge is 2.18. The summed E-state index contributed by atoms with van der Waals surface area (Å²) in [6.45, 7) is 0. The molecule has 0 saturated heterocycles. The van der Waals surface area contributed by atoms with Gasteiger partial charge in [0.05, 0.1) is 19.6 Å². The fourth-order valence-corrected chi connectivity index (χ4v) is 2.68. The van der Waals surface area contributed by atoms with E-state index in [1.165, 1.54) is 19.3 Å². The molecule has 1 aromatic rings. The number of hydrogen-bond donors (Lipinski definition) is 2. The van der Waals surface area contributed by atoms with E-state index in [4.69, 9.17) is 20.3 Å². The third-order valence-corrected chi connectivity index (χ3v) is 3.86. The maximum atomic E-state index is 10.7. The van der Waals surface area contributed by atoms with Gasteiger partial charge in [-0.1, -0.05) is 12.5 Å². The lowest BCUT2D eigenvalue weighted by Gasteiger charge is -2.24. The normalized spacial score (nSPS) is 17.2. The third kappa shape index (κ3) is 4.36. The Kier molecular flexibility index (Phi) is 5.44. The van der Waals surface area contributed by atoms with Gasteiger partial charge in [0.2, 0.25) is 0 Å². The van der Waals surface area contributed by atoms with Gasteiger partial charge in [0.15, 0.2) is 11.5 Å². The molecule has 0 aliphatic heterocycles. The van der Waals surface area contributed by atoms with E-state index in [0.29, 0.717) is 11.5 Å². The molecule has 5 heteroatoms. The summed E-state index contributed by atoms with van der Waals surface area (Å²) in [7, 11) is 1.58. The van der Waals surface area contributed by atoms with E-state index >= 15 is 0 Å². The van der Waals surface area contributed by atoms with Crippen molar-refractivity contribution in [3.8, 4) is 11.5 Å². The number of nitrogens with two attached hydrogens (primary N) is 1. The van der Waals surface area contributed by atoms with Crippen LogP contribution in [0.5, 0.6) is 11.5 Å². The zero-order valence-electron chi connectivity index (χ0n) is 12.4. The number of carbonyl (C=O) groups is 1. The maximum absolute atomic E-state index is 10.7. The molecule has 1 aliphatic carbocycles. The fraction of sp³-hybridized carbons (Fsp3) is 0.562. The second-order valence-corrected chi connectivity index (χ2v) is 5.49. The summed E-state index contributed by atoms with van der Waals surface area (Å²) < 4.78 is 11.4. The number of rotatable bonds is 6. The molecule has 0 radical (unpaired) electrons. The highest BCUT2D eigenvalue weighted by Crippen LogP contribution is 2.33. The lowest BCUT2D eigenvalue weighted by atomic mass is 9.97. The van der Waals surface area contributed by atoms with E-state index in [1.54, 1.807) is 13.2 Å². The van der Waals surface area contributed by atoms with Crippen LogP contribution in [0.1, 0.15) is 50.1 Å². The van der Waals surface area contributed by atoms with Crippen LogP contribution in [0.2, 0.25) is 0 Å². The molecule has 1 aromatic carbocycles. The fourth-order valence-electron chi connectivity index (χ4n) is 2.68. The second kappa shape index (κ2) is 7.31. The molecule has 5 nitrogen and oxygen atoms in total. The highest BCUT2D eigenvalue weighted by molar-refractivity contribution is 5.68. The van der Waals surface area contributed by atoms with E-state index in [-0.39, 0.29) is 12.5 Å². The van der Waals surface area contributed by atoms with Gasteiger partial charge in [-0.15, -0.1) is 0 Å². The molecule has 0 spiro atoms. The lowest BCUT2D eigenvalue weighted by molar-refractivity contribution is -0.137. The van der Waals surface area contributed by atoms with E-state index in [9.17, 15) is 4.79 Å². The summed E-state index contributed by atoms with van der Waals surface area (Å²) >= 11 is 0. The first-order valence-corrected chi connectivity index (χ1v) is 7.42. The minimum Gasteiger partial charge on any atom is -0.493 e. The van der Waals surface area contributed by atoms with Gasteiger partial charge in [0.25, 0.3) is 0 Å². The smallest absolute Gasteiger partial charge is 0.305 e. The van der Waals surface area contributed by atoms with Crippen molar-refractivity contribution in [3.63, 3.8) is 0 Å². The number of methoxy groups -OCH3 is 1. The Balaban J connectivity index is 2.10. The quantitative estimate of drug-likeness (QED) is 0.842. The summed E-state index contributed by atoms with van der Waals surface area (Å²) in [6.07, 6.45) is 5.97. The Morgan fingerprint density at radius 1 is 1.33 bits per heavy atom. The molecule has 0 aromatic heterocycles. The van der Waals surface area contributed by atoms with Crippen LogP contribution in [-0.4, -0.2) is 24.3 Å². The predicted octanol–water partition coefficient (Wildman–Crippen LogP) is 2.88. The van der Waals surface area contributed by atoms with Gasteiger partial charge in [-0.05, 0) is 43.4 Å². The van der Waals surface area contributed by atoms with Crippen molar-refractivity contribution >= 4 is 5.97 Å². The molecule has 1 aliphatic rings. The van der Waals surface area contributed by atoms with Gasteiger partial charge >= 0.3 is 5.97 Å². The van der Waals surface area contributed by atoms with Gasteiger partial charge < -0.3 is 20.3 Å². The van der Waals surface area contributed by atoms with Crippen molar-refractivity contribution in [2.75, 3.05) is 7.11 Å². The van der Waals surface area contributed by atoms with E-state index in [2.05, 4.69) is 0 Å². The number of carboxylic acids is 1. The van der Waals surface area contributed by atoms with Crippen LogP contribution in [0, 0.1) is 0 Å². The topological polar surface area (TPSA) is 81.8 Å². The molecule has 0 heterocycles. The first kappa shape index (κ1) is 15.6. The minimum absolute atomic E-state index is 0.105. The van der Waals surface area contributed by atoms with E-state index in [1.807, 2.05) is 12.1 Å². The van der Waals surface area contributed by atoms with Gasteiger partial charge in [-0.25, -0.2) is 0 Å². The van der Waals surface area contributed by atoms with E-state index < -0.39 is 12.0 Å². The molecule has 21 heavy (non-hydrogen) atoms. The van der Waals surface area contributed by atoms with Crippen LogP contribution >= 0.6 is 0 Å². The largest absolute Gasteiger partial charge is 0.493 e. The molecule has 0 amide bonds. The Labute approximate surface area is 125 Å². The van der Waals surface area contributed by atoms with Crippen molar-refractivity contribution in [1.29, 1.82) is 0 Å². The number of ether oxygens (including phenoxy) is 2. The van der Waals surface area contributed by atoms with E-state index in [0.717, 1.165) is 18.4 Å². The second-order valence-electron chi connectivity index (χ2n) is 5.49. The summed E-state index contributed by atoms with van der Waals surface area (Å²) in [6, 6.07) is 4.87. The van der Waals surface area contributed by atoms with Crippen LogP contribution in [-0.2, 0) is 4.79 Å². The van der Waals surface area contributed by atoms with Gasteiger partial charge in [-0.2, -0.15) is 0 Å². The molecular formula is C16H23NO4. The third-order valence-electron chi connectivity index (χ3n) is 3.86. The summed E-state index contributed by atoms with van der Waals surface area (Å²) in [5, 5.41) is 8.81. The van der Waals surface area contributed by atoms with Crippen LogP contribution in [0.15, 0.2) is 18.2 Å². The van der Waals surface area contributed by atoms with Crippen LogP contribution in [0.4, 0.5) is 0 Å². The molecule has 1 atom stereocenters. The molecule has 2 rings (SSSR count). The molecular weight excluding hydrogens is 270 g/mol. The minimum atomic E-state index is -0.913. The number of benzene rings is 1. The molecule has 1 unspecified atom stereocenters. The molecule has 0 bridgehead atoms. The van der Waals surface area contributed by atoms with Crippen molar-refractivity contribution in [3.05, 3.63) is 23.8 Å². The summed E-state index contributed by atoms with van der Waals surface area (Å²) in [5.74, 6) is 0.401. The van der Waals surface area contributed by atoms with Gasteiger partial charge in [0.1, 0.15) is 0 Å². The molecule has 1 saturated carbocycles. The molecule has 1 fully saturated rings. The van der Waals surface area contributed by atoms with Crippen LogP contribution < -0.4 is 15.2 Å². The van der Waals surface area contributed by atoms with Crippen LogP contribution in [0.25, 0.3) is 0 Å². The Morgan fingerprint density at radius 2 is 2.05 bits per heavy atom. The van der Waals surface area contributed by atoms with Crippen molar-refractivity contribution in [2.45, 2.75) is 50.7 Å².